The molecule has 3 nitrogen and oxygen atoms in total. The van der Waals surface area contributed by atoms with Gasteiger partial charge in [0.05, 0.1) is 18.0 Å². The zero-order chi connectivity index (χ0) is 13.9. The molecule has 1 saturated carbocycles. The summed E-state index contributed by atoms with van der Waals surface area (Å²) in [6.45, 7) is 2.66. The van der Waals surface area contributed by atoms with E-state index in [4.69, 9.17) is 21.3 Å². The van der Waals surface area contributed by atoms with Crippen LogP contribution in [0.5, 0.6) is 5.75 Å². The van der Waals surface area contributed by atoms with Gasteiger partial charge in [0.1, 0.15) is 17.1 Å². The fraction of sp³-hybridized carbons (Fsp3) is 0.562. The predicted molar refractivity (Wildman–Crippen MR) is 82.6 cm³/mol. The highest BCUT2D eigenvalue weighted by atomic mass is 35.5. The Bertz CT molecular complexity index is 587. The fourth-order valence-electron chi connectivity index (χ4n) is 3.25. The average molecular weight is 293 g/mol. The summed E-state index contributed by atoms with van der Waals surface area (Å²) in [4.78, 5) is 4.73. The molecule has 1 aromatic heterocycles. The standard InChI is InChI=1S/C16H21ClN2O/c1-2-20-14-10-6-9-13-16(14)18-15(11-17)19(13)12-7-4-3-5-8-12/h6,9-10,12H,2-5,7-8,11H2,1H3. The summed E-state index contributed by atoms with van der Waals surface area (Å²) in [7, 11) is 0. The Morgan fingerprint density at radius 3 is 2.80 bits per heavy atom. The van der Waals surface area contributed by atoms with E-state index in [1.54, 1.807) is 0 Å². The first kappa shape index (κ1) is 13.7. The monoisotopic (exact) mass is 292 g/mol. The number of para-hydroxylation sites is 1. The zero-order valence-corrected chi connectivity index (χ0v) is 12.7. The van der Waals surface area contributed by atoms with E-state index in [-0.39, 0.29) is 0 Å². The van der Waals surface area contributed by atoms with Crippen LogP contribution in [0.25, 0.3) is 11.0 Å². The van der Waals surface area contributed by atoms with Crippen molar-refractivity contribution in [1.29, 1.82) is 0 Å². The van der Waals surface area contributed by atoms with Crippen LogP contribution < -0.4 is 4.74 Å². The van der Waals surface area contributed by atoms with Crippen molar-refractivity contribution in [2.24, 2.45) is 0 Å². The van der Waals surface area contributed by atoms with E-state index in [0.717, 1.165) is 17.1 Å². The van der Waals surface area contributed by atoms with E-state index >= 15 is 0 Å². The molecule has 0 aliphatic heterocycles. The van der Waals surface area contributed by atoms with Crippen LogP contribution in [0.3, 0.4) is 0 Å². The lowest BCUT2D eigenvalue weighted by Crippen LogP contribution is -2.14. The Morgan fingerprint density at radius 2 is 2.10 bits per heavy atom. The molecule has 1 aliphatic carbocycles. The van der Waals surface area contributed by atoms with Gasteiger partial charge in [0.25, 0.3) is 0 Å². The second-order valence-electron chi connectivity index (χ2n) is 5.38. The summed E-state index contributed by atoms with van der Waals surface area (Å²) in [6, 6.07) is 6.71. The molecule has 0 spiro atoms. The Kier molecular flexibility index (Phi) is 4.16. The van der Waals surface area contributed by atoms with Gasteiger partial charge in [0.15, 0.2) is 0 Å². The minimum absolute atomic E-state index is 0.455. The Hall–Kier alpha value is -1.22. The molecule has 0 N–H and O–H groups in total. The first-order valence-electron chi connectivity index (χ1n) is 7.53. The van der Waals surface area contributed by atoms with Crippen LogP contribution in [0.1, 0.15) is 50.9 Å². The number of aromatic nitrogens is 2. The number of benzene rings is 1. The van der Waals surface area contributed by atoms with Crippen molar-refractivity contribution in [3.63, 3.8) is 0 Å². The minimum Gasteiger partial charge on any atom is -0.492 e. The SMILES string of the molecule is CCOc1cccc2c1nc(CCl)n2C1CCCCC1. The number of alkyl halides is 1. The summed E-state index contributed by atoms with van der Waals surface area (Å²) >= 11 is 6.13. The number of halogens is 1. The maximum Gasteiger partial charge on any atom is 0.147 e. The summed E-state index contributed by atoms with van der Waals surface area (Å²) in [5, 5.41) is 0. The molecule has 0 bridgehead atoms. The quantitative estimate of drug-likeness (QED) is 0.765. The number of hydrogen-bond acceptors (Lipinski definition) is 2. The minimum atomic E-state index is 0.455. The van der Waals surface area contributed by atoms with Gasteiger partial charge in [0, 0.05) is 6.04 Å². The highest BCUT2D eigenvalue weighted by Gasteiger charge is 2.22. The van der Waals surface area contributed by atoms with E-state index in [2.05, 4.69) is 10.6 Å². The van der Waals surface area contributed by atoms with Crippen molar-refractivity contribution in [1.82, 2.24) is 9.55 Å². The molecule has 0 saturated heterocycles. The molecule has 3 rings (SSSR count). The van der Waals surface area contributed by atoms with Gasteiger partial charge in [0.2, 0.25) is 0 Å². The number of imidazole rings is 1. The number of hydrogen-bond donors (Lipinski definition) is 0. The maximum atomic E-state index is 6.13. The van der Waals surface area contributed by atoms with Crippen molar-refractivity contribution in [2.45, 2.75) is 50.9 Å². The molecule has 1 aromatic carbocycles. The molecular formula is C16H21ClN2O. The highest BCUT2D eigenvalue weighted by Crippen LogP contribution is 2.35. The second kappa shape index (κ2) is 6.04. The van der Waals surface area contributed by atoms with Gasteiger partial charge in [-0.25, -0.2) is 4.98 Å². The van der Waals surface area contributed by atoms with Crippen LogP contribution in [0.15, 0.2) is 18.2 Å². The Labute approximate surface area is 124 Å². The fourth-order valence-corrected chi connectivity index (χ4v) is 3.44. The average Bonchev–Trinajstić information content (AvgIpc) is 2.88. The van der Waals surface area contributed by atoms with Gasteiger partial charge >= 0.3 is 0 Å². The summed E-state index contributed by atoms with van der Waals surface area (Å²) in [5.41, 5.74) is 2.12. The number of ether oxygens (including phenoxy) is 1. The van der Waals surface area contributed by atoms with Gasteiger partial charge in [-0.15, -0.1) is 11.6 Å². The highest BCUT2D eigenvalue weighted by molar-refractivity contribution is 6.16. The van der Waals surface area contributed by atoms with Crippen LogP contribution in [0.2, 0.25) is 0 Å². The second-order valence-corrected chi connectivity index (χ2v) is 5.65. The number of nitrogens with zero attached hydrogens (tertiary/aromatic N) is 2. The van der Waals surface area contributed by atoms with Crippen LogP contribution in [-0.2, 0) is 5.88 Å². The van der Waals surface area contributed by atoms with Gasteiger partial charge in [-0.2, -0.15) is 0 Å². The molecule has 0 atom stereocenters. The Morgan fingerprint density at radius 1 is 1.30 bits per heavy atom. The van der Waals surface area contributed by atoms with E-state index in [0.29, 0.717) is 18.5 Å². The Balaban J connectivity index is 2.11. The molecule has 0 radical (unpaired) electrons. The topological polar surface area (TPSA) is 27.1 Å². The van der Waals surface area contributed by atoms with Gasteiger partial charge in [-0.1, -0.05) is 25.3 Å². The van der Waals surface area contributed by atoms with Crippen molar-refractivity contribution in [3.05, 3.63) is 24.0 Å². The van der Waals surface area contributed by atoms with E-state index in [1.165, 1.54) is 37.6 Å². The third-order valence-corrected chi connectivity index (χ3v) is 4.35. The van der Waals surface area contributed by atoms with Crippen LogP contribution in [-0.4, -0.2) is 16.2 Å². The van der Waals surface area contributed by atoms with E-state index < -0.39 is 0 Å². The lowest BCUT2D eigenvalue weighted by Gasteiger charge is -2.25. The van der Waals surface area contributed by atoms with Crippen LogP contribution >= 0.6 is 11.6 Å². The van der Waals surface area contributed by atoms with E-state index in [1.807, 2.05) is 19.1 Å². The molecule has 0 unspecified atom stereocenters. The normalized spacial score (nSPS) is 16.7. The van der Waals surface area contributed by atoms with E-state index in [9.17, 15) is 0 Å². The predicted octanol–water partition coefficient (Wildman–Crippen LogP) is 4.68. The maximum absolute atomic E-state index is 6.13. The van der Waals surface area contributed by atoms with Crippen molar-refractivity contribution in [2.75, 3.05) is 6.61 Å². The molecular weight excluding hydrogens is 272 g/mol. The summed E-state index contributed by atoms with van der Waals surface area (Å²) < 4.78 is 8.05. The van der Waals surface area contributed by atoms with Gasteiger partial charge < -0.3 is 9.30 Å². The first-order valence-corrected chi connectivity index (χ1v) is 8.07. The lowest BCUT2D eigenvalue weighted by molar-refractivity contribution is 0.343. The molecule has 1 heterocycles. The molecule has 1 aliphatic rings. The molecule has 2 aromatic rings. The smallest absolute Gasteiger partial charge is 0.147 e. The van der Waals surface area contributed by atoms with Gasteiger partial charge in [-0.3, -0.25) is 0 Å². The first-order chi connectivity index (χ1) is 9.85. The zero-order valence-electron chi connectivity index (χ0n) is 11.9. The van der Waals surface area contributed by atoms with Crippen molar-refractivity contribution < 1.29 is 4.74 Å². The number of rotatable bonds is 4. The van der Waals surface area contributed by atoms with Crippen LogP contribution in [0, 0.1) is 0 Å². The molecule has 1 fully saturated rings. The van der Waals surface area contributed by atoms with Gasteiger partial charge in [-0.05, 0) is 31.9 Å². The molecule has 4 heteroatoms. The van der Waals surface area contributed by atoms with Crippen molar-refractivity contribution >= 4 is 22.6 Å². The summed E-state index contributed by atoms with van der Waals surface area (Å²) in [5.74, 6) is 2.29. The molecule has 20 heavy (non-hydrogen) atoms. The third kappa shape index (κ3) is 2.39. The largest absolute Gasteiger partial charge is 0.492 e. The third-order valence-electron chi connectivity index (χ3n) is 4.12. The molecule has 108 valence electrons. The molecule has 0 amide bonds. The summed E-state index contributed by atoms with van der Waals surface area (Å²) in [6.07, 6.45) is 6.42. The van der Waals surface area contributed by atoms with Crippen LogP contribution in [0.4, 0.5) is 0 Å². The lowest BCUT2D eigenvalue weighted by atomic mass is 9.95. The number of fused-ring (bicyclic) bond motifs is 1. The van der Waals surface area contributed by atoms with Crippen molar-refractivity contribution in [3.8, 4) is 5.75 Å².